The molecule has 82 valence electrons. The smallest absolute Gasteiger partial charge is 0.264 e. The first-order valence-corrected chi connectivity index (χ1v) is 5.92. The first-order chi connectivity index (χ1) is 7.36. The minimum absolute atomic E-state index is 0.0667. The van der Waals surface area contributed by atoms with Gasteiger partial charge < -0.3 is 10.6 Å². The summed E-state index contributed by atoms with van der Waals surface area (Å²) >= 11 is 1.12. The summed E-state index contributed by atoms with van der Waals surface area (Å²) in [5.74, 6) is -0.0667. The second-order valence-corrected chi connectivity index (χ2v) is 4.41. The molecule has 2 heterocycles. The summed E-state index contributed by atoms with van der Waals surface area (Å²) < 4.78 is 3.65. The second kappa shape index (κ2) is 5.18. The van der Waals surface area contributed by atoms with Crippen molar-refractivity contribution in [3.05, 3.63) is 11.1 Å². The lowest BCUT2D eigenvalue weighted by atomic mass is 10.1. The maximum Gasteiger partial charge on any atom is 0.264 e. The van der Waals surface area contributed by atoms with Crippen LogP contribution in [0.2, 0.25) is 0 Å². The van der Waals surface area contributed by atoms with Gasteiger partial charge in [-0.2, -0.15) is 0 Å². The zero-order valence-electron chi connectivity index (χ0n) is 8.40. The predicted octanol–water partition coefficient (Wildman–Crippen LogP) is 0.410. The fraction of sp³-hybridized carbons (Fsp3) is 0.667. The molecule has 0 aliphatic carbocycles. The Kier molecular flexibility index (Phi) is 3.63. The standard InChI is InChI=1S/C9H14N4OS/c14-9(8-6-12-13-15-8)11-5-3-7-2-1-4-10-7/h6-7,10H,1-5H2,(H,11,14)/t7-/m0/s1. The average molecular weight is 226 g/mol. The SMILES string of the molecule is O=C(NCC[C@@H]1CCCN1)c1cnns1. The number of hydrogen-bond donors (Lipinski definition) is 2. The van der Waals surface area contributed by atoms with Crippen molar-refractivity contribution in [1.82, 2.24) is 20.2 Å². The van der Waals surface area contributed by atoms with Crippen molar-refractivity contribution in [2.24, 2.45) is 0 Å². The van der Waals surface area contributed by atoms with Crippen molar-refractivity contribution >= 4 is 17.4 Å². The summed E-state index contributed by atoms with van der Waals surface area (Å²) in [6.07, 6.45) is 4.96. The molecule has 0 unspecified atom stereocenters. The predicted molar refractivity (Wildman–Crippen MR) is 57.9 cm³/mol. The van der Waals surface area contributed by atoms with E-state index in [1.54, 1.807) is 0 Å². The maximum absolute atomic E-state index is 11.5. The quantitative estimate of drug-likeness (QED) is 0.780. The van der Waals surface area contributed by atoms with E-state index in [0.29, 0.717) is 17.5 Å². The van der Waals surface area contributed by atoms with E-state index >= 15 is 0 Å². The highest BCUT2D eigenvalue weighted by Crippen LogP contribution is 2.08. The van der Waals surface area contributed by atoms with Gasteiger partial charge in [-0.05, 0) is 37.3 Å². The molecule has 0 aromatic carbocycles. The molecule has 2 rings (SSSR count). The van der Waals surface area contributed by atoms with Gasteiger partial charge in [0, 0.05) is 12.6 Å². The number of amides is 1. The Morgan fingerprint density at radius 1 is 1.73 bits per heavy atom. The molecule has 2 N–H and O–H groups in total. The maximum atomic E-state index is 11.5. The van der Waals surface area contributed by atoms with Gasteiger partial charge in [-0.3, -0.25) is 4.79 Å². The highest BCUT2D eigenvalue weighted by atomic mass is 32.1. The van der Waals surface area contributed by atoms with Crippen LogP contribution in [0.5, 0.6) is 0 Å². The first-order valence-electron chi connectivity index (χ1n) is 5.15. The van der Waals surface area contributed by atoms with Crippen molar-refractivity contribution in [3.63, 3.8) is 0 Å². The topological polar surface area (TPSA) is 66.9 Å². The van der Waals surface area contributed by atoms with E-state index in [2.05, 4.69) is 20.2 Å². The lowest BCUT2D eigenvalue weighted by Gasteiger charge is -2.09. The average Bonchev–Trinajstić information content (AvgIpc) is 2.90. The molecule has 1 aliphatic rings. The third kappa shape index (κ3) is 2.97. The summed E-state index contributed by atoms with van der Waals surface area (Å²) in [4.78, 5) is 12.1. The summed E-state index contributed by atoms with van der Waals surface area (Å²) in [6.45, 7) is 1.83. The monoisotopic (exact) mass is 226 g/mol. The van der Waals surface area contributed by atoms with Gasteiger partial charge in [0.1, 0.15) is 4.88 Å². The normalized spacial score (nSPS) is 20.4. The summed E-state index contributed by atoms with van der Waals surface area (Å²) in [7, 11) is 0. The summed E-state index contributed by atoms with van der Waals surface area (Å²) in [6, 6.07) is 0.574. The molecule has 15 heavy (non-hydrogen) atoms. The number of nitrogens with zero attached hydrogens (tertiary/aromatic N) is 2. The van der Waals surface area contributed by atoms with Gasteiger partial charge in [0.2, 0.25) is 0 Å². The molecule has 0 spiro atoms. The molecule has 5 nitrogen and oxygen atoms in total. The number of rotatable bonds is 4. The lowest BCUT2D eigenvalue weighted by Crippen LogP contribution is -2.30. The summed E-state index contributed by atoms with van der Waals surface area (Å²) in [5, 5.41) is 9.88. The molecule has 1 aliphatic heterocycles. The lowest BCUT2D eigenvalue weighted by molar-refractivity contribution is 0.0956. The van der Waals surface area contributed by atoms with E-state index in [1.807, 2.05) is 0 Å². The molecule has 1 saturated heterocycles. The number of carbonyl (C=O) groups is 1. The molecule has 0 radical (unpaired) electrons. The third-order valence-corrected chi connectivity index (χ3v) is 3.19. The van der Waals surface area contributed by atoms with Gasteiger partial charge in [-0.1, -0.05) is 4.49 Å². The number of carbonyl (C=O) groups excluding carboxylic acids is 1. The molecule has 0 bridgehead atoms. The van der Waals surface area contributed by atoms with Crippen molar-refractivity contribution in [1.29, 1.82) is 0 Å². The van der Waals surface area contributed by atoms with Gasteiger partial charge >= 0.3 is 0 Å². The van der Waals surface area contributed by atoms with Crippen molar-refractivity contribution < 1.29 is 4.79 Å². The van der Waals surface area contributed by atoms with Crippen LogP contribution in [0.25, 0.3) is 0 Å². The first kappa shape index (κ1) is 10.5. The molecule has 0 saturated carbocycles. The van der Waals surface area contributed by atoms with E-state index < -0.39 is 0 Å². The van der Waals surface area contributed by atoms with Crippen LogP contribution in [0.4, 0.5) is 0 Å². The second-order valence-electron chi connectivity index (χ2n) is 3.62. The molecule has 1 amide bonds. The minimum Gasteiger partial charge on any atom is -0.351 e. The van der Waals surface area contributed by atoms with Crippen molar-refractivity contribution in [2.45, 2.75) is 25.3 Å². The number of aromatic nitrogens is 2. The fourth-order valence-corrected chi connectivity index (χ4v) is 2.15. The third-order valence-electron chi connectivity index (χ3n) is 2.53. The van der Waals surface area contributed by atoms with Crippen LogP contribution in [0.3, 0.4) is 0 Å². The Morgan fingerprint density at radius 3 is 3.33 bits per heavy atom. The zero-order chi connectivity index (χ0) is 10.5. The van der Waals surface area contributed by atoms with E-state index in [-0.39, 0.29) is 5.91 Å². The van der Waals surface area contributed by atoms with Crippen LogP contribution in [0.1, 0.15) is 28.9 Å². The molecule has 6 heteroatoms. The molecule has 1 fully saturated rings. The Bertz CT molecular complexity index is 308. The minimum atomic E-state index is -0.0667. The molecule has 1 aromatic heterocycles. The molecular formula is C9H14N4OS. The highest BCUT2D eigenvalue weighted by molar-refractivity contribution is 7.07. The number of hydrogen-bond acceptors (Lipinski definition) is 5. The van der Waals surface area contributed by atoms with Gasteiger partial charge in [0.05, 0.1) is 6.20 Å². The molecule has 1 aromatic rings. The fourth-order valence-electron chi connectivity index (χ4n) is 1.72. The number of nitrogens with one attached hydrogen (secondary N) is 2. The van der Waals surface area contributed by atoms with E-state index in [4.69, 9.17) is 0 Å². The highest BCUT2D eigenvalue weighted by Gasteiger charge is 2.14. The van der Waals surface area contributed by atoms with E-state index in [9.17, 15) is 4.79 Å². The van der Waals surface area contributed by atoms with Gasteiger partial charge in [0.25, 0.3) is 5.91 Å². The van der Waals surface area contributed by atoms with Gasteiger partial charge in [0.15, 0.2) is 0 Å². The van der Waals surface area contributed by atoms with Gasteiger partial charge in [-0.15, -0.1) is 5.10 Å². The van der Waals surface area contributed by atoms with Crippen LogP contribution in [-0.2, 0) is 0 Å². The van der Waals surface area contributed by atoms with Gasteiger partial charge in [-0.25, -0.2) is 0 Å². The van der Waals surface area contributed by atoms with Crippen LogP contribution >= 0.6 is 11.5 Å². The zero-order valence-corrected chi connectivity index (χ0v) is 9.22. The van der Waals surface area contributed by atoms with E-state index in [0.717, 1.165) is 24.5 Å². The Labute approximate surface area is 92.4 Å². The molecule has 1 atom stereocenters. The Morgan fingerprint density at radius 2 is 2.67 bits per heavy atom. The largest absolute Gasteiger partial charge is 0.351 e. The van der Waals surface area contributed by atoms with Crippen LogP contribution in [-0.4, -0.2) is 34.6 Å². The van der Waals surface area contributed by atoms with Crippen LogP contribution in [0.15, 0.2) is 6.20 Å². The van der Waals surface area contributed by atoms with Crippen LogP contribution in [0, 0.1) is 0 Å². The van der Waals surface area contributed by atoms with Crippen LogP contribution < -0.4 is 10.6 Å². The molecular weight excluding hydrogens is 212 g/mol. The Hall–Kier alpha value is -1.01. The summed E-state index contributed by atoms with van der Waals surface area (Å²) in [5.41, 5.74) is 0. The van der Waals surface area contributed by atoms with Crippen molar-refractivity contribution in [2.75, 3.05) is 13.1 Å². The Balaban J connectivity index is 1.67. The van der Waals surface area contributed by atoms with E-state index in [1.165, 1.54) is 19.0 Å². The van der Waals surface area contributed by atoms with Crippen molar-refractivity contribution in [3.8, 4) is 0 Å².